The minimum Gasteiger partial charge on any atom is -0.399 e. The van der Waals surface area contributed by atoms with E-state index in [0.717, 1.165) is 0 Å². The van der Waals surface area contributed by atoms with Crippen molar-refractivity contribution in [1.82, 2.24) is 4.98 Å². The van der Waals surface area contributed by atoms with Crippen LogP contribution in [0.4, 0.5) is 8.78 Å². The van der Waals surface area contributed by atoms with E-state index in [0.29, 0.717) is 5.46 Å². The molecule has 20 heavy (non-hydrogen) atoms. The van der Waals surface area contributed by atoms with E-state index in [1.54, 1.807) is 0 Å². The summed E-state index contributed by atoms with van der Waals surface area (Å²) in [4.78, 5) is 3.87. The number of pyridine rings is 1. The molecule has 7 heteroatoms. The number of aliphatic hydroxyl groups is 1. The molecular weight excluding hydrogens is 267 g/mol. The highest BCUT2D eigenvalue weighted by molar-refractivity contribution is 6.62. The highest BCUT2D eigenvalue weighted by Crippen LogP contribution is 2.36. The highest BCUT2D eigenvalue weighted by Gasteiger charge is 2.51. The summed E-state index contributed by atoms with van der Waals surface area (Å²) in [5, 5.41) is 9.40. The van der Waals surface area contributed by atoms with Crippen molar-refractivity contribution < 1.29 is 23.2 Å². The third-order valence-corrected chi connectivity index (χ3v) is 3.89. The largest absolute Gasteiger partial charge is 0.496 e. The zero-order valence-electron chi connectivity index (χ0n) is 11.9. The number of hydrogen-bond acceptors (Lipinski definition) is 4. The van der Waals surface area contributed by atoms with Gasteiger partial charge in [-0.1, -0.05) is 6.07 Å². The van der Waals surface area contributed by atoms with Gasteiger partial charge in [0.1, 0.15) is 6.10 Å². The number of hydrogen-bond donors (Lipinski definition) is 1. The lowest BCUT2D eigenvalue weighted by molar-refractivity contribution is -0.00593. The summed E-state index contributed by atoms with van der Waals surface area (Å²) in [6.07, 6.45) is -2.01. The van der Waals surface area contributed by atoms with E-state index >= 15 is 0 Å². The van der Waals surface area contributed by atoms with Crippen molar-refractivity contribution in [3.05, 3.63) is 24.0 Å². The van der Waals surface area contributed by atoms with E-state index in [4.69, 9.17) is 9.31 Å². The molecule has 0 amide bonds. The van der Waals surface area contributed by atoms with Crippen LogP contribution in [0.1, 0.15) is 39.4 Å². The first-order valence-corrected chi connectivity index (χ1v) is 6.41. The molecule has 1 N–H and O–H groups in total. The molecule has 2 heterocycles. The molecule has 4 nitrogen and oxygen atoms in total. The second-order valence-corrected chi connectivity index (χ2v) is 5.92. The fraction of sp³-hybridized carbons (Fsp3) is 0.615. The van der Waals surface area contributed by atoms with Crippen molar-refractivity contribution in [3.8, 4) is 0 Å². The van der Waals surface area contributed by atoms with Crippen molar-refractivity contribution in [1.29, 1.82) is 0 Å². The van der Waals surface area contributed by atoms with Crippen LogP contribution in [0.25, 0.3) is 0 Å². The van der Waals surface area contributed by atoms with Gasteiger partial charge in [0.15, 0.2) is 0 Å². The summed E-state index contributed by atoms with van der Waals surface area (Å²) in [5.74, 6) is 0. The molecule has 1 aliphatic heterocycles. The summed E-state index contributed by atoms with van der Waals surface area (Å²) in [7, 11) is -0.683. The summed E-state index contributed by atoms with van der Waals surface area (Å²) in [5.41, 5.74) is -0.475. The first kappa shape index (κ1) is 15.3. The van der Waals surface area contributed by atoms with Crippen LogP contribution in [0.2, 0.25) is 0 Å². The van der Waals surface area contributed by atoms with E-state index < -0.39 is 30.8 Å². The molecule has 1 aromatic rings. The van der Waals surface area contributed by atoms with Gasteiger partial charge in [0.25, 0.3) is 6.43 Å². The standard InChI is InChI=1S/C13H18BF2NO3/c1-12(2)13(3,4)20-14(19-12)9-5-8(6-17-7-9)10(18)11(15)16/h5-7,10-11,18H,1-4H3. The van der Waals surface area contributed by atoms with Gasteiger partial charge in [0, 0.05) is 23.4 Å². The fourth-order valence-electron chi connectivity index (χ4n) is 1.89. The van der Waals surface area contributed by atoms with Crippen molar-refractivity contribution in [2.45, 2.75) is 51.4 Å². The molecule has 2 rings (SSSR count). The zero-order chi connectivity index (χ0) is 15.1. The summed E-state index contributed by atoms with van der Waals surface area (Å²) >= 11 is 0. The van der Waals surface area contributed by atoms with E-state index in [1.807, 2.05) is 27.7 Å². The SMILES string of the molecule is CC1(C)OB(c2cncc(C(O)C(F)F)c2)OC1(C)C. The number of alkyl halides is 2. The Morgan fingerprint density at radius 1 is 1.15 bits per heavy atom. The predicted molar refractivity (Wildman–Crippen MR) is 70.9 cm³/mol. The number of nitrogens with zero attached hydrogens (tertiary/aromatic N) is 1. The van der Waals surface area contributed by atoms with Gasteiger partial charge < -0.3 is 14.4 Å². The Hall–Kier alpha value is -1.05. The fourth-order valence-corrected chi connectivity index (χ4v) is 1.89. The quantitative estimate of drug-likeness (QED) is 0.858. The van der Waals surface area contributed by atoms with Gasteiger partial charge in [-0.3, -0.25) is 4.98 Å². The number of rotatable bonds is 3. The Kier molecular flexibility index (Phi) is 3.88. The number of aliphatic hydroxyl groups excluding tert-OH is 1. The molecule has 1 aliphatic rings. The van der Waals surface area contributed by atoms with Gasteiger partial charge in [-0.05, 0) is 27.7 Å². The molecule has 1 saturated heterocycles. The lowest BCUT2D eigenvalue weighted by Crippen LogP contribution is -2.41. The smallest absolute Gasteiger partial charge is 0.399 e. The van der Waals surface area contributed by atoms with Gasteiger partial charge in [-0.2, -0.15) is 0 Å². The topological polar surface area (TPSA) is 51.6 Å². The third-order valence-electron chi connectivity index (χ3n) is 3.89. The molecule has 0 saturated carbocycles. The molecule has 0 bridgehead atoms. The van der Waals surface area contributed by atoms with Gasteiger partial charge >= 0.3 is 7.12 Å². The van der Waals surface area contributed by atoms with Crippen LogP contribution < -0.4 is 5.46 Å². The summed E-state index contributed by atoms with van der Waals surface area (Å²) < 4.78 is 36.7. The molecule has 110 valence electrons. The summed E-state index contributed by atoms with van der Waals surface area (Å²) in [6, 6.07) is 1.44. The van der Waals surface area contributed by atoms with Gasteiger partial charge in [-0.15, -0.1) is 0 Å². The molecule has 1 aromatic heterocycles. The predicted octanol–water partition coefficient (Wildman–Crippen LogP) is 1.68. The lowest BCUT2D eigenvalue weighted by Gasteiger charge is -2.32. The van der Waals surface area contributed by atoms with Crippen LogP contribution in [0.5, 0.6) is 0 Å². The maximum absolute atomic E-state index is 12.5. The van der Waals surface area contributed by atoms with Crippen LogP contribution in [0.3, 0.4) is 0 Å². The van der Waals surface area contributed by atoms with E-state index in [-0.39, 0.29) is 5.56 Å². The highest BCUT2D eigenvalue weighted by atomic mass is 19.3. The first-order chi connectivity index (χ1) is 9.14. The van der Waals surface area contributed by atoms with Crippen molar-refractivity contribution >= 4 is 12.6 Å². The summed E-state index contributed by atoms with van der Waals surface area (Å²) in [6.45, 7) is 7.60. The molecule has 0 aromatic carbocycles. The second-order valence-electron chi connectivity index (χ2n) is 5.92. The van der Waals surface area contributed by atoms with Gasteiger partial charge in [0.2, 0.25) is 0 Å². The van der Waals surface area contributed by atoms with Crippen molar-refractivity contribution in [3.63, 3.8) is 0 Å². The monoisotopic (exact) mass is 285 g/mol. The molecule has 1 fully saturated rings. The Labute approximate surface area is 117 Å². The second kappa shape index (κ2) is 5.05. The molecule has 1 atom stereocenters. The number of halogens is 2. The first-order valence-electron chi connectivity index (χ1n) is 6.41. The Balaban J connectivity index is 2.25. The average Bonchev–Trinajstić information content (AvgIpc) is 2.57. The van der Waals surface area contributed by atoms with Crippen LogP contribution >= 0.6 is 0 Å². The molecule has 0 spiro atoms. The normalized spacial score (nSPS) is 22.3. The van der Waals surface area contributed by atoms with Crippen LogP contribution in [-0.2, 0) is 9.31 Å². The minimum absolute atomic E-state index is 0.0483. The van der Waals surface area contributed by atoms with E-state index in [2.05, 4.69) is 4.98 Å². The lowest BCUT2D eigenvalue weighted by atomic mass is 9.79. The van der Waals surface area contributed by atoms with Crippen molar-refractivity contribution in [2.24, 2.45) is 0 Å². The molecule has 1 unspecified atom stereocenters. The molecule has 0 radical (unpaired) electrons. The van der Waals surface area contributed by atoms with E-state index in [9.17, 15) is 13.9 Å². The maximum Gasteiger partial charge on any atom is 0.496 e. The molecule has 0 aliphatic carbocycles. The van der Waals surface area contributed by atoms with Crippen molar-refractivity contribution in [2.75, 3.05) is 0 Å². The zero-order valence-corrected chi connectivity index (χ0v) is 11.9. The van der Waals surface area contributed by atoms with Crippen LogP contribution in [0, 0.1) is 0 Å². The Morgan fingerprint density at radius 3 is 2.20 bits per heavy atom. The van der Waals surface area contributed by atoms with Crippen LogP contribution in [0.15, 0.2) is 18.5 Å². The average molecular weight is 285 g/mol. The number of aromatic nitrogens is 1. The Morgan fingerprint density at radius 2 is 1.70 bits per heavy atom. The minimum atomic E-state index is -2.86. The van der Waals surface area contributed by atoms with E-state index in [1.165, 1.54) is 18.5 Å². The molecular formula is C13H18BF2NO3. The Bertz CT molecular complexity index is 480. The van der Waals surface area contributed by atoms with Gasteiger partial charge in [0.05, 0.1) is 11.2 Å². The third kappa shape index (κ3) is 2.70. The van der Waals surface area contributed by atoms with Crippen LogP contribution in [-0.4, -0.2) is 34.8 Å². The van der Waals surface area contributed by atoms with Gasteiger partial charge in [-0.25, -0.2) is 8.78 Å². The maximum atomic E-state index is 12.5.